The molecule has 2 fully saturated rings. The number of rotatable bonds is 7. The van der Waals surface area contributed by atoms with Crippen molar-refractivity contribution >= 4 is 34.6 Å². The fourth-order valence-electron chi connectivity index (χ4n) is 5.32. The van der Waals surface area contributed by atoms with Gasteiger partial charge in [-0.05, 0) is 73.6 Å². The number of ether oxygens (including phenoxy) is 1. The van der Waals surface area contributed by atoms with Gasteiger partial charge >= 0.3 is 0 Å². The van der Waals surface area contributed by atoms with Gasteiger partial charge in [0, 0.05) is 42.6 Å². The van der Waals surface area contributed by atoms with Crippen molar-refractivity contribution in [3.05, 3.63) is 78.4 Å². The predicted octanol–water partition coefficient (Wildman–Crippen LogP) is 5.15. The number of carbonyl (C=O) groups excluding carboxylic acids is 1. The molecule has 1 aliphatic carbocycles. The van der Waals surface area contributed by atoms with E-state index in [1.54, 1.807) is 0 Å². The highest BCUT2D eigenvalue weighted by Crippen LogP contribution is 2.43. The second-order valence-electron chi connectivity index (χ2n) is 9.16. The molecule has 0 spiro atoms. The molecule has 1 aliphatic heterocycles. The molecule has 182 valence electrons. The average molecular weight is 490 g/mol. The first kappa shape index (κ1) is 23.5. The van der Waals surface area contributed by atoms with Crippen molar-refractivity contribution in [2.45, 2.75) is 50.2 Å². The summed E-state index contributed by atoms with van der Waals surface area (Å²) in [5, 5.41) is 7.06. The summed E-state index contributed by atoms with van der Waals surface area (Å²) in [6, 6.07) is 18.5. The summed E-state index contributed by atoms with van der Waals surface area (Å²) in [6.45, 7) is 0.0217. The number of methoxy groups -OCH3 is 1. The Balaban J connectivity index is 1.51. The Morgan fingerprint density at radius 3 is 2.63 bits per heavy atom. The van der Waals surface area contributed by atoms with E-state index in [2.05, 4.69) is 49.5 Å². The highest BCUT2D eigenvalue weighted by Gasteiger charge is 2.42. The van der Waals surface area contributed by atoms with Gasteiger partial charge in [0.25, 0.3) is 0 Å². The first-order valence-electron chi connectivity index (χ1n) is 12.2. The number of benzene rings is 1. The summed E-state index contributed by atoms with van der Waals surface area (Å²) < 4.78 is 7.37. The number of aromatic nitrogens is 2. The Bertz CT molecular complexity index is 1160. The summed E-state index contributed by atoms with van der Waals surface area (Å²) in [5.41, 5.74) is 3.88. The minimum Gasteiger partial charge on any atom is -0.375 e. The Labute approximate surface area is 211 Å². The van der Waals surface area contributed by atoms with Crippen LogP contribution in [0, 0.1) is 0 Å². The van der Waals surface area contributed by atoms with Gasteiger partial charge in [0.1, 0.15) is 12.6 Å². The van der Waals surface area contributed by atoms with Gasteiger partial charge in [-0.15, -0.1) is 0 Å². The van der Waals surface area contributed by atoms with Crippen LogP contribution >= 0.6 is 12.2 Å². The SMILES string of the molecule is COCC(=O)Nc1ccc(N2C(=S)N[C@H](c3ccccn3)[C@@H]2c2cccn2C2CCCCC2)cc1. The van der Waals surface area contributed by atoms with Crippen LogP contribution in [0.15, 0.2) is 67.0 Å². The highest BCUT2D eigenvalue weighted by atomic mass is 32.1. The number of thiocarbonyl (C=S) groups is 1. The van der Waals surface area contributed by atoms with Crippen LogP contribution in [0.2, 0.25) is 0 Å². The van der Waals surface area contributed by atoms with E-state index in [1.807, 2.05) is 42.6 Å². The largest absolute Gasteiger partial charge is 0.375 e. The first-order chi connectivity index (χ1) is 17.2. The Morgan fingerprint density at radius 2 is 1.91 bits per heavy atom. The van der Waals surface area contributed by atoms with Crippen LogP contribution in [0.3, 0.4) is 0 Å². The van der Waals surface area contributed by atoms with Crippen molar-refractivity contribution in [3.8, 4) is 0 Å². The van der Waals surface area contributed by atoms with Crippen molar-refractivity contribution in [1.82, 2.24) is 14.9 Å². The zero-order valence-corrected chi connectivity index (χ0v) is 20.7. The van der Waals surface area contributed by atoms with Crippen LogP contribution in [0.5, 0.6) is 0 Å². The molecule has 2 aromatic heterocycles. The maximum absolute atomic E-state index is 11.9. The Kier molecular flexibility index (Phi) is 7.11. The van der Waals surface area contributed by atoms with E-state index >= 15 is 0 Å². The molecule has 1 saturated heterocycles. The molecular weight excluding hydrogens is 458 g/mol. The number of amides is 1. The molecule has 5 rings (SSSR count). The third-order valence-corrected chi connectivity index (χ3v) is 7.20. The van der Waals surface area contributed by atoms with Gasteiger partial charge in [-0.2, -0.15) is 0 Å². The van der Waals surface area contributed by atoms with E-state index in [4.69, 9.17) is 17.0 Å². The lowest BCUT2D eigenvalue weighted by atomic mass is 9.94. The maximum Gasteiger partial charge on any atom is 0.250 e. The third-order valence-electron chi connectivity index (χ3n) is 6.89. The molecule has 7 nitrogen and oxygen atoms in total. The van der Waals surface area contributed by atoms with Crippen molar-refractivity contribution in [3.63, 3.8) is 0 Å². The number of nitrogens with one attached hydrogen (secondary N) is 2. The highest BCUT2D eigenvalue weighted by molar-refractivity contribution is 7.80. The lowest BCUT2D eigenvalue weighted by Gasteiger charge is -2.32. The van der Waals surface area contributed by atoms with Crippen LogP contribution < -0.4 is 15.5 Å². The van der Waals surface area contributed by atoms with Gasteiger partial charge in [0.15, 0.2) is 5.11 Å². The molecule has 35 heavy (non-hydrogen) atoms. The topological polar surface area (TPSA) is 71.4 Å². The molecule has 0 bridgehead atoms. The van der Waals surface area contributed by atoms with E-state index in [1.165, 1.54) is 44.9 Å². The standard InChI is InChI=1S/C27H31N5O2S/c1-34-18-24(33)29-19-12-14-21(15-13-19)32-26(25(30-27(32)35)22-10-5-6-16-28-22)23-11-7-17-31(23)20-8-3-2-4-9-20/h5-7,10-17,20,25-26H,2-4,8-9,18H2,1H3,(H,29,33)(H,30,35)/t25-,26+/m1/s1. The molecule has 8 heteroatoms. The second kappa shape index (κ2) is 10.6. The number of hydrogen-bond acceptors (Lipinski definition) is 4. The summed E-state index contributed by atoms with van der Waals surface area (Å²) in [7, 11) is 1.51. The lowest BCUT2D eigenvalue weighted by molar-refractivity contribution is -0.119. The van der Waals surface area contributed by atoms with Crippen LogP contribution in [-0.2, 0) is 9.53 Å². The van der Waals surface area contributed by atoms with E-state index in [-0.39, 0.29) is 24.6 Å². The van der Waals surface area contributed by atoms with Gasteiger partial charge in [-0.3, -0.25) is 9.78 Å². The number of nitrogens with zero attached hydrogens (tertiary/aromatic N) is 3. The smallest absolute Gasteiger partial charge is 0.250 e. The molecule has 2 aliphatic rings. The van der Waals surface area contributed by atoms with Gasteiger partial charge < -0.3 is 24.8 Å². The van der Waals surface area contributed by atoms with E-state index < -0.39 is 0 Å². The minimum atomic E-state index is -0.183. The van der Waals surface area contributed by atoms with Gasteiger partial charge in [0.2, 0.25) is 5.91 Å². The molecule has 2 atom stereocenters. The van der Waals surface area contributed by atoms with E-state index in [9.17, 15) is 4.79 Å². The molecule has 1 aromatic carbocycles. The minimum absolute atomic E-state index is 0.0217. The average Bonchev–Trinajstić information content (AvgIpc) is 3.50. The Morgan fingerprint density at radius 1 is 1.11 bits per heavy atom. The molecule has 3 heterocycles. The number of carbonyl (C=O) groups is 1. The fraction of sp³-hybridized carbons (Fsp3) is 0.370. The monoisotopic (exact) mass is 489 g/mol. The maximum atomic E-state index is 11.9. The van der Waals surface area contributed by atoms with Crippen molar-refractivity contribution < 1.29 is 9.53 Å². The predicted molar refractivity (Wildman–Crippen MR) is 141 cm³/mol. The second-order valence-corrected chi connectivity index (χ2v) is 9.54. The summed E-state index contributed by atoms with van der Waals surface area (Å²) in [5.74, 6) is -0.183. The quantitative estimate of drug-likeness (QED) is 0.447. The van der Waals surface area contributed by atoms with Crippen LogP contribution in [0.1, 0.15) is 61.6 Å². The molecule has 1 amide bonds. The zero-order valence-electron chi connectivity index (χ0n) is 19.9. The summed E-state index contributed by atoms with van der Waals surface area (Å²) in [4.78, 5) is 18.8. The van der Waals surface area contributed by atoms with Gasteiger partial charge in [0.05, 0.1) is 11.7 Å². The van der Waals surface area contributed by atoms with E-state index in [0.29, 0.717) is 11.2 Å². The zero-order chi connectivity index (χ0) is 24.2. The normalized spacial score (nSPS) is 20.6. The molecular formula is C27H31N5O2S. The number of hydrogen-bond donors (Lipinski definition) is 2. The summed E-state index contributed by atoms with van der Waals surface area (Å²) in [6.07, 6.45) is 10.3. The Hall–Kier alpha value is -3.23. The van der Waals surface area contributed by atoms with Crippen molar-refractivity contribution in [2.24, 2.45) is 0 Å². The van der Waals surface area contributed by atoms with Gasteiger partial charge in [-0.1, -0.05) is 25.3 Å². The molecule has 0 unspecified atom stereocenters. The van der Waals surface area contributed by atoms with Crippen molar-refractivity contribution in [2.75, 3.05) is 23.9 Å². The van der Waals surface area contributed by atoms with Gasteiger partial charge in [-0.25, -0.2) is 0 Å². The molecule has 2 N–H and O–H groups in total. The molecule has 0 radical (unpaired) electrons. The third kappa shape index (κ3) is 4.94. The van der Waals surface area contributed by atoms with Crippen LogP contribution in [-0.4, -0.2) is 34.3 Å². The number of pyridine rings is 1. The lowest BCUT2D eigenvalue weighted by Crippen LogP contribution is -2.31. The van der Waals surface area contributed by atoms with E-state index in [0.717, 1.165) is 17.1 Å². The van der Waals surface area contributed by atoms with Crippen LogP contribution in [0.4, 0.5) is 11.4 Å². The fourth-order valence-corrected chi connectivity index (χ4v) is 5.66. The summed E-state index contributed by atoms with van der Waals surface area (Å²) >= 11 is 5.88. The first-order valence-corrected chi connectivity index (χ1v) is 12.6. The molecule has 1 saturated carbocycles. The van der Waals surface area contributed by atoms with Crippen molar-refractivity contribution in [1.29, 1.82) is 0 Å². The van der Waals surface area contributed by atoms with Crippen LogP contribution in [0.25, 0.3) is 0 Å². The molecule has 3 aromatic rings. The number of anilines is 2.